The number of hydrogen-bond acceptors (Lipinski definition) is 7. The number of benzene rings is 2. The van der Waals surface area contributed by atoms with E-state index in [2.05, 4.69) is 9.47 Å². The van der Waals surface area contributed by atoms with Crippen molar-refractivity contribution in [2.45, 2.75) is 51.0 Å². The van der Waals surface area contributed by atoms with E-state index in [0.29, 0.717) is 49.1 Å². The Balaban J connectivity index is 1.42. The zero-order valence-electron chi connectivity index (χ0n) is 23.2. The summed E-state index contributed by atoms with van der Waals surface area (Å²) in [6, 6.07) is 15.6. The molecule has 3 unspecified atom stereocenters. The van der Waals surface area contributed by atoms with E-state index < -0.39 is 18.4 Å². The van der Waals surface area contributed by atoms with Crippen molar-refractivity contribution >= 4 is 17.6 Å². The number of likely N-dealkylation sites (tertiary alicyclic amines) is 1. The molecule has 0 aliphatic carbocycles. The molecule has 0 bridgehead atoms. The minimum atomic E-state index is -0.713. The molecule has 2 aromatic carbocycles. The minimum absolute atomic E-state index is 0.146. The second-order valence-electron chi connectivity index (χ2n) is 10.3. The predicted octanol–water partition coefficient (Wildman–Crippen LogP) is 5.68. The summed E-state index contributed by atoms with van der Waals surface area (Å²) in [6.07, 6.45) is 2.84. The molecule has 3 aromatic rings. The summed E-state index contributed by atoms with van der Waals surface area (Å²) in [6.45, 7) is 3.65. The van der Waals surface area contributed by atoms with Crippen LogP contribution >= 0.6 is 11.6 Å². The molecule has 1 aromatic heterocycles. The summed E-state index contributed by atoms with van der Waals surface area (Å²) < 4.78 is 25.5. The SMILES string of the molecule is CCOC(=O)CC1CCN(C(O)CC2OC(c3cccc(OC)c3OC)c3cc(Cl)ccc3-n3cccc32)CC1. The van der Waals surface area contributed by atoms with Gasteiger partial charge in [-0.15, -0.1) is 0 Å². The van der Waals surface area contributed by atoms with Crippen molar-refractivity contribution in [3.63, 3.8) is 0 Å². The molecule has 1 saturated heterocycles. The third-order valence-electron chi connectivity index (χ3n) is 7.91. The van der Waals surface area contributed by atoms with Crippen molar-refractivity contribution < 1.29 is 28.8 Å². The lowest BCUT2D eigenvalue weighted by Gasteiger charge is -2.36. The molecule has 2 aliphatic rings. The fourth-order valence-corrected chi connectivity index (χ4v) is 6.11. The first-order valence-corrected chi connectivity index (χ1v) is 14.2. The summed E-state index contributed by atoms with van der Waals surface area (Å²) in [7, 11) is 3.23. The van der Waals surface area contributed by atoms with Crippen molar-refractivity contribution in [1.82, 2.24) is 9.47 Å². The van der Waals surface area contributed by atoms with Gasteiger partial charge in [0.05, 0.1) is 32.2 Å². The number of rotatable bonds is 9. The maximum absolute atomic E-state index is 11.9. The summed E-state index contributed by atoms with van der Waals surface area (Å²) in [5, 5.41) is 12.0. The number of aliphatic hydroxyl groups is 1. The van der Waals surface area contributed by atoms with E-state index in [1.807, 2.05) is 61.7 Å². The number of hydrogen-bond donors (Lipinski definition) is 1. The Hall–Kier alpha value is -3.04. The van der Waals surface area contributed by atoms with Crippen LogP contribution in [0.25, 0.3) is 5.69 Å². The number of para-hydroxylation sites is 1. The summed E-state index contributed by atoms with van der Waals surface area (Å²) in [4.78, 5) is 14.0. The largest absolute Gasteiger partial charge is 0.493 e. The van der Waals surface area contributed by atoms with Crippen molar-refractivity contribution in [2.24, 2.45) is 5.92 Å². The Morgan fingerprint density at radius 3 is 2.62 bits per heavy atom. The first-order valence-electron chi connectivity index (χ1n) is 13.8. The molecule has 1 N–H and O–H groups in total. The van der Waals surface area contributed by atoms with Gasteiger partial charge in [0.25, 0.3) is 0 Å². The van der Waals surface area contributed by atoms with Crippen molar-refractivity contribution in [3.05, 3.63) is 76.6 Å². The van der Waals surface area contributed by atoms with Crippen LogP contribution in [-0.4, -0.2) is 60.7 Å². The highest BCUT2D eigenvalue weighted by Crippen LogP contribution is 2.46. The molecule has 0 saturated carbocycles. The number of piperidine rings is 1. The quantitative estimate of drug-likeness (QED) is 0.332. The summed E-state index contributed by atoms with van der Waals surface area (Å²) in [5.41, 5.74) is 3.61. The second kappa shape index (κ2) is 12.6. The molecule has 9 heteroatoms. The number of nitrogens with zero attached hydrogens (tertiary/aromatic N) is 2. The van der Waals surface area contributed by atoms with E-state index in [4.69, 9.17) is 30.5 Å². The van der Waals surface area contributed by atoms with Gasteiger partial charge in [0.1, 0.15) is 18.4 Å². The highest BCUT2D eigenvalue weighted by atomic mass is 35.5. The number of aliphatic hydroxyl groups excluding tert-OH is 1. The van der Waals surface area contributed by atoms with Crippen molar-refractivity contribution in [2.75, 3.05) is 33.9 Å². The van der Waals surface area contributed by atoms with Gasteiger partial charge in [-0.25, -0.2) is 0 Å². The van der Waals surface area contributed by atoms with Crippen LogP contribution < -0.4 is 9.47 Å². The van der Waals surface area contributed by atoms with Gasteiger partial charge in [0.15, 0.2) is 11.5 Å². The number of ether oxygens (including phenoxy) is 4. The first kappa shape index (κ1) is 28.5. The zero-order valence-corrected chi connectivity index (χ0v) is 24.0. The Labute approximate surface area is 240 Å². The van der Waals surface area contributed by atoms with Gasteiger partial charge in [-0.05, 0) is 62.1 Å². The van der Waals surface area contributed by atoms with Gasteiger partial charge in [0.2, 0.25) is 0 Å². The van der Waals surface area contributed by atoms with Crippen LogP contribution in [0.15, 0.2) is 54.7 Å². The van der Waals surface area contributed by atoms with E-state index in [-0.39, 0.29) is 11.9 Å². The monoisotopic (exact) mass is 568 g/mol. The molecule has 0 spiro atoms. The molecule has 3 atom stereocenters. The number of carbonyl (C=O) groups excluding carboxylic acids is 1. The number of aromatic nitrogens is 1. The molecular formula is C31H37ClN2O6. The van der Waals surface area contributed by atoms with Crippen molar-refractivity contribution in [1.29, 1.82) is 0 Å². The number of carbonyl (C=O) groups is 1. The molecule has 40 heavy (non-hydrogen) atoms. The number of esters is 1. The molecule has 8 nitrogen and oxygen atoms in total. The number of methoxy groups -OCH3 is 2. The Morgan fingerprint density at radius 1 is 1.10 bits per heavy atom. The number of halogens is 1. The third kappa shape index (κ3) is 5.86. The Morgan fingerprint density at radius 2 is 1.90 bits per heavy atom. The van der Waals surface area contributed by atoms with Gasteiger partial charge in [-0.2, -0.15) is 0 Å². The van der Waals surface area contributed by atoms with E-state index in [1.54, 1.807) is 14.2 Å². The molecule has 2 aliphatic heterocycles. The standard InChI is InChI=1S/C31H37ClN2O6/c1-4-39-29(36)17-20-12-15-33(16-13-20)28(35)19-27-25-8-6-14-34(25)24-11-10-21(32)18-23(24)30(40-27)22-7-5-9-26(37-2)31(22)38-3/h5-11,14,18,20,27-28,30,35H,4,12-13,15-17,19H2,1-3H3. The lowest BCUT2D eigenvalue weighted by molar-refractivity contribution is -0.144. The average Bonchev–Trinajstić information content (AvgIpc) is 3.40. The predicted molar refractivity (Wildman–Crippen MR) is 152 cm³/mol. The van der Waals surface area contributed by atoms with Gasteiger partial charge >= 0.3 is 5.97 Å². The van der Waals surface area contributed by atoms with Crippen LogP contribution in [0, 0.1) is 5.92 Å². The molecule has 3 heterocycles. The van der Waals surface area contributed by atoms with Gasteiger partial charge in [-0.3, -0.25) is 9.69 Å². The fourth-order valence-electron chi connectivity index (χ4n) is 5.92. The fraction of sp³-hybridized carbons (Fsp3) is 0.452. The molecular weight excluding hydrogens is 532 g/mol. The Bertz CT molecular complexity index is 1320. The second-order valence-corrected chi connectivity index (χ2v) is 10.7. The van der Waals surface area contributed by atoms with Crippen LogP contribution in [0.1, 0.15) is 61.6 Å². The lowest BCUT2D eigenvalue weighted by Crippen LogP contribution is -2.42. The molecule has 214 valence electrons. The Kier molecular flexibility index (Phi) is 9.00. The van der Waals surface area contributed by atoms with Gasteiger partial charge < -0.3 is 28.6 Å². The summed E-state index contributed by atoms with van der Waals surface area (Å²) >= 11 is 6.50. The normalized spacial score (nSPS) is 20.2. The molecule has 5 rings (SSSR count). The van der Waals surface area contributed by atoms with E-state index in [9.17, 15) is 9.90 Å². The van der Waals surface area contributed by atoms with Crippen LogP contribution in [0.2, 0.25) is 5.02 Å². The minimum Gasteiger partial charge on any atom is -0.493 e. The smallest absolute Gasteiger partial charge is 0.306 e. The maximum Gasteiger partial charge on any atom is 0.306 e. The topological polar surface area (TPSA) is 82.4 Å². The van der Waals surface area contributed by atoms with E-state index in [1.165, 1.54) is 0 Å². The maximum atomic E-state index is 11.9. The van der Waals surface area contributed by atoms with Crippen LogP contribution in [-0.2, 0) is 14.3 Å². The molecule has 0 radical (unpaired) electrons. The molecule has 0 amide bonds. The highest BCUT2D eigenvalue weighted by Gasteiger charge is 2.35. The zero-order chi connectivity index (χ0) is 28.2. The molecule has 1 fully saturated rings. The van der Waals surface area contributed by atoms with Gasteiger partial charge in [-0.1, -0.05) is 23.7 Å². The third-order valence-corrected chi connectivity index (χ3v) is 8.15. The van der Waals surface area contributed by atoms with E-state index in [0.717, 1.165) is 35.3 Å². The van der Waals surface area contributed by atoms with Crippen molar-refractivity contribution in [3.8, 4) is 17.2 Å². The van der Waals surface area contributed by atoms with Gasteiger partial charge in [0, 0.05) is 48.3 Å². The van der Waals surface area contributed by atoms with Crippen LogP contribution in [0.5, 0.6) is 11.5 Å². The van der Waals surface area contributed by atoms with Crippen LogP contribution in [0.3, 0.4) is 0 Å². The number of fused-ring (bicyclic) bond motifs is 3. The first-order chi connectivity index (χ1) is 19.4. The highest BCUT2D eigenvalue weighted by molar-refractivity contribution is 6.30. The summed E-state index contributed by atoms with van der Waals surface area (Å²) in [5.74, 6) is 1.33. The van der Waals surface area contributed by atoms with Crippen LogP contribution in [0.4, 0.5) is 0 Å². The van der Waals surface area contributed by atoms with E-state index >= 15 is 0 Å². The average molecular weight is 569 g/mol. The lowest BCUT2D eigenvalue weighted by atomic mass is 9.93.